The maximum atomic E-state index is 12.6. The molecule has 7 heteroatoms. The normalized spacial score (nSPS) is 23.6. The first-order valence-corrected chi connectivity index (χ1v) is 9.16. The number of nitrogens with one attached hydrogen (secondary N) is 1. The van der Waals surface area contributed by atoms with Crippen LogP contribution in [0.2, 0.25) is 0 Å². The van der Waals surface area contributed by atoms with Crippen molar-refractivity contribution in [2.75, 3.05) is 13.6 Å². The third kappa shape index (κ3) is 3.64. The highest BCUT2D eigenvalue weighted by Crippen LogP contribution is 2.26. The van der Waals surface area contributed by atoms with E-state index in [9.17, 15) is 8.42 Å². The molecule has 1 aromatic heterocycles. The molecule has 21 heavy (non-hydrogen) atoms. The van der Waals surface area contributed by atoms with E-state index in [2.05, 4.69) is 17.2 Å². The largest absolute Gasteiger partial charge is 0.336 e. The van der Waals surface area contributed by atoms with E-state index in [1.807, 2.05) is 6.92 Å². The lowest BCUT2D eigenvalue weighted by Crippen LogP contribution is -2.43. The molecule has 0 aromatic carbocycles. The van der Waals surface area contributed by atoms with Gasteiger partial charge in [0, 0.05) is 31.9 Å². The third-order valence-corrected chi connectivity index (χ3v) is 6.12. The molecule has 2 rings (SSSR count). The molecule has 1 fully saturated rings. The number of imidazole rings is 1. The van der Waals surface area contributed by atoms with Gasteiger partial charge in [0.25, 0.3) is 10.0 Å². The van der Waals surface area contributed by atoms with Crippen molar-refractivity contribution in [3.63, 3.8) is 0 Å². The molecule has 1 aromatic rings. The van der Waals surface area contributed by atoms with Crippen molar-refractivity contribution in [1.29, 1.82) is 0 Å². The maximum absolute atomic E-state index is 12.6. The number of aromatic nitrogens is 2. The molecule has 1 aliphatic carbocycles. The Morgan fingerprint density at radius 3 is 2.52 bits per heavy atom. The summed E-state index contributed by atoms with van der Waals surface area (Å²) in [5.74, 6) is 0. The van der Waals surface area contributed by atoms with E-state index in [0.29, 0.717) is 6.04 Å². The van der Waals surface area contributed by atoms with Gasteiger partial charge in [-0.1, -0.05) is 6.92 Å². The SMILES string of the molecule is CCNC1CCC(N(C)S(=O)(=O)c2cn(CC)cn2)CC1. The average Bonchev–Trinajstić information content (AvgIpc) is 2.97. The summed E-state index contributed by atoms with van der Waals surface area (Å²) in [6, 6.07) is 0.610. The van der Waals surface area contributed by atoms with Gasteiger partial charge in [0.15, 0.2) is 5.03 Å². The van der Waals surface area contributed by atoms with E-state index in [1.165, 1.54) is 4.31 Å². The summed E-state index contributed by atoms with van der Waals surface area (Å²) in [5.41, 5.74) is 0. The highest BCUT2D eigenvalue weighted by molar-refractivity contribution is 7.89. The predicted molar refractivity (Wildman–Crippen MR) is 82.6 cm³/mol. The van der Waals surface area contributed by atoms with Gasteiger partial charge in [-0.25, -0.2) is 13.4 Å². The predicted octanol–water partition coefficient (Wildman–Crippen LogP) is 1.44. The van der Waals surface area contributed by atoms with E-state index in [1.54, 1.807) is 24.1 Å². The van der Waals surface area contributed by atoms with Crippen LogP contribution in [0.25, 0.3) is 0 Å². The van der Waals surface area contributed by atoms with Gasteiger partial charge in [0.05, 0.1) is 6.33 Å². The second kappa shape index (κ2) is 6.89. The molecule has 0 saturated heterocycles. The van der Waals surface area contributed by atoms with E-state index in [-0.39, 0.29) is 11.1 Å². The topological polar surface area (TPSA) is 67.2 Å². The highest BCUT2D eigenvalue weighted by Gasteiger charge is 2.32. The Hall–Kier alpha value is -0.920. The highest BCUT2D eigenvalue weighted by atomic mass is 32.2. The zero-order chi connectivity index (χ0) is 15.5. The molecule has 0 atom stereocenters. The van der Waals surface area contributed by atoms with E-state index in [0.717, 1.165) is 38.8 Å². The standard InChI is InChI=1S/C14H26N4O2S/c1-4-15-12-6-8-13(9-7-12)17(3)21(19,20)14-10-18(5-2)11-16-14/h10-13,15H,4-9H2,1-3H3. The Kier molecular flexibility index (Phi) is 5.40. The van der Waals surface area contributed by atoms with Crippen LogP contribution in [-0.2, 0) is 16.6 Å². The van der Waals surface area contributed by atoms with E-state index < -0.39 is 10.0 Å². The summed E-state index contributed by atoms with van der Waals surface area (Å²) in [5, 5.41) is 3.60. The van der Waals surface area contributed by atoms with Gasteiger partial charge in [-0.3, -0.25) is 0 Å². The summed E-state index contributed by atoms with van der Waals surface area (Å²) in [6.45, 7) is 5.76. The van der Waals surface area contributed by atoms with Gasteiger partial charge in [0.2, 0.25) is 0 Å². The lowest BCUT2D eigenvalue weighted by molar-refractivity contribution is 0.250. The number of hydrogen-bond acceptors (Lipinski definition) is 4. The Balaban J connectivity index is 2.03. The molecule has 0 aliphatic heterocycles. The van der Waals surface area contributed by atoms with Crippen molar-refractivity contribution in [1.82, 2.24) is 19.2 Å². The monoisotopic (exact) mass is 314 g/mol. The van der Waals surface area contributed by atoms with Crippen LogP contribution in [0.15, 0.2) is 17.6 Å². The zero-order valence-corrected chi connectivity index (χ0v) is 13.9. The second-order valence-corrected chi connectivity index (χ2v) is 7.57. The average molecular weight is 314 g/mol. The minimum atomic E-state index is -3.48. The molecule has 1 aliphatic rings. The Bertz CT molecular complexity index is 547. The fourth-order valence-corrected chi connectivity index (χ4v) is 4.27. The molecule has 0 bridgehead atoms. The number of rotatable bonds is 6. The number of hydrogen-bond donors (Lipinski definition) is 1. The van der Waals surface area contributed by atoms with E-state index >= 15 is 0 Å². The van der Waals surface area contributed by atoms with Gasteiger partial charge < -0.3 is 9.88 Å². The number of nitrogens with zero attached hydrogens (tertiary/aromatic N) is 3. The number of sulfonamides is 1. The van der Waals surface area contributed by atoms with Gasteiger partial charge >= 0.3 is 0 Å². The Labute approximate surface area is 127 Å². The fraction of sp³-hybridized carbons (Fsp3) is 0.786. The van der Waals surface area contributed by atoms with Crippen LogP contribution in [0.3, 0.4) is 0 Å². The van der Waals surface area contributed by atoms with Gasteiger partial charge in [0.1, 0.15) is 0 Å². The summed E-state index contributed by atoms with van der Waals surface area (Å²) in [7, 11) is -1.80. The minimum absolute atomic E-state index is 0.0803. The third-order valence-electron chi connectivity index (χ3n) is 4.32. The zero-order valence-electron chi connectivity index (χ0n) is 13.1. The van der Waals surface area contributed by atoms with Crippen molar-refractivity contribution in [2.45, 2.75) is 63.2 Å². The second-order valence-electron chi connectivity index (χ2n) is 5.63. The molecule has 120 valence electrons. The van der Waals surface area contributed by atoms with Crippen LogP contribution in [-0.4, -0.2) is 48.0 Å². The van der Waals surface area contributed by atoms with Crippen LogP contribution in [0, 0.1) is 0 Å². The molecule has 0 amide bonds. The van der Waals surface area contributed by atoms with Gasteiger partial charge in [-0.15, -0.1) is 0 Å². The summed E-state index contributed by atoms with van der Waals surface area (Å²) in [6.07, 6.45) is 7.05. The van der Waals surface area contributed by atoms with E-state index in [4.69, 9.17) is 0 Å². The van der Waals surface area contributed by atoms with Crippen LogP contribution in [0.1, 0.15) is 39.5 Å². The van der Waals surface area contributed by atoms with Crippen molar-refractivity contribution in [3.8, 4) is 0 Å². The molecule has 0 radical (unpaired) electrons. The van der Waals surface area contributed by atoms with Gasteiger partial charge in [-0.05, 0) is 39.2 Å². The molecular formula is C14H26N4O2S. The molecule has 0 unspecified atom stereocenters. The molecule has 6 nitrogen and oxygen atoms in total. The first-order valence-electron chi connectivity index (χ1n) is 7.72. The van der Waals surface area contributed by atoms with Crippen LogP contribution in [0.5, 0.6) is 0 Å². The van der Waals surface area contributed by atoms with Crippen molar-refractivity contribution >= 4 is 10.0 Å². The fourth-order valence-electron chi connectivity index (χ4n) is 2.92. The molecule has 1 heterocycles. The lowest BCUT2D eigenvalue weighted by Gasteiger charge is -2.33. The van der Waals surface area contributed by atoms with Crippen molar-refractivity contribution in [3.05, 3.63) is 12.5 Å². The molecule has 0 spiro atoms. The van der Waals surface area contributed by atoms with Crippen molar-refractivity contribution in [2.24, 2.45) is 0 Å². The first kappa shape index (κ1) is 16.5. The molecular weight excluding hydrogens is 288 g/mol. The first-order chi connectivity index (χ1) is 9.98. The quantitative estimate of drug-likeness (QED) is 0.863. The van der Waals surface area contributed by atoms with Crippen LogP contribution < -0.4 is 5.32 Å². The maximum Gasteiger partial charge on any atom is 0.262 e. The lowest BCUT2D eigenvalue weighted by atomic mass is 9.91. The Morgan fingerprint density at radius 1 is 1.33 bits per heavy atom. The summed E-state index contributed by atoms with van der Waals surface area (Å²) < 4.78 is 28.5. The van der Waals surface area contributed by atoms with Crippen LogP contribution in [0.4, 0.5) is 0 Å². The minimum Gasteiger partial charge on any atom is -0.336 e. The molecule has 1 N–H and O–H groups in total. The van der Waals surface area contributed by atoms with Crippen molar-refractivity contribution < 1.29 is 8.42 Å². The smallest absolute Gasteiger partial charge is 0.262 e. The Morgan fingerprint density at radius 2 is 2.00 bits per heavy atom. The summed E-state index contributed by atoms with van der Waals surface area (Å²) in [4.78, 5) is 4.04. The van der Waals surface area contributed by atoms with Crippen LogP contribution >= 0.6 is 0 Å². The van der Waals surface area contributed by atoms with Gasteiger partial charge in [-0.2, -0.15) is 4.31 Å². The number of aryl methyl sites for hydroxylation is 1. The summed E-state index contributed by atoms with van der Waals surface area (Å²) >= 11 is 0. The molecule has 1 saturated carbocycles.